The van der Waals surface area contributed by atoms with Gasteiger partial charge in [-0.25, -0.2) is 9.97 Å². The van der Waals surface area contributed by atoms with E-state index in [-0.39, 0.29) is 11.1 Å². The Morgan fingerprint density at radius 2 is 1.92 bits per heavy atom. The number of hydrogen-bond acceptors (Lipinski definition) is 3. The van der Waals surface area contributed by atoms with E-state index in [1.54, 1.807) is 0 Å². The molecule has 1 aromatic heterocycles. The maximum atomic E-state index is 11.4. The number of carbonyl (C=O) groups excluding carboxylic acids is 1. The van der Waals surface area contributed by atoms with Gasteiger partial charge < -0.3 is 0 Å². The average Bonchev–Trinajstić information content (AvgIpc) is 2.07. The minimum Gasteiger partial charge on any atom is -0.292 e. The van der Waals surface area contributed by atoms with Gasteiger partial charge in [-0.3, -0.25) is 4.79 Å². The molecule has 0 fully saturated rings. The Bertz CT molecular complexity index is 379. The molecule has 0 saturated heterocycles. The highest BCUT2D eigenvalue weighted by Gasteiger charge is 2.22. The second-order valence-electron chi connectivity index (χ2n) is 2.89. The molecule has 0 bridgehead atoms. The van der Waals surface area contributed by atoms with Crippen molar-refractivity contribution in [1.82, 2.24) is 9.97 Å². The van der Waals surface area contributed by atoms with Gasteiger partial charge in [0.2, 0.25) is 5.28 Å². The van der Waals surface area contributed by atoms with Gasteiger partial charge in [-0.05, 0) is 24.4 Å². The van der Waals surface area contributed by atoms with Gasteiger partial charge in [-0.2, -0.15) is 0 Å². The fourth-order valence-corrected chi connectivity index (χ4v) is 1.90. The zero-order valence-electron chi connectivity index (χ0n) is 6.68. The summed E-state index contributed by atoms with van der Waals surface area (Å²) in [5.74, 6) is 0.00690. The molecular formula is C8H6Cl2N2O. The fourth-order valence-electron chi connectivity index (χ4n) is 1.43. The molecule has 68 valence electrons. The van der Waals surface area contributed by atoms with Crippen LogP contribution in [0.5, 0.6) is 0 Å². The van der Waals surface area contributed by atoms with Crippen LogP contribution in [0.25, 0.3) is 0 Å². The zero-order chi connectivity index (χ0) is 9.42. The van der Waals surface area contributed by atoms with Crippen molar-refractivity contribution in [3.05, 3.63) is 21.7 Å². The van der Waals surface area contributed by atoms with Crippen molar-refractivity contribution in [1.29, 1.82) is 0 Å². The van der Waals surface area contributed by atoms with E-state index in [9.17, 15) is 4.79 Å². The van der Waals surface area contributed by atoms with E-state index in [4.69, 9.17) is 23.2 Å². The van der Waals surface area contributed by atoms with Crippen LogP contribution in [-0.2, 0) is 6.42 Å². The van der Waals surface area contributed by atoms with Crippen LogP contribution in [0.1, 0.15) is 28.9 Å². The Morgan fingerprint density at radius 3 is 2.69 bits per heavy atom. The molecule has 1 aliphatic carbocycles. The molecule has 0 atom stereocenters. The standard InChI is InChI=1S/C8H6Cl2N2O/c9-7-4-2-1-3-5(13)6(4)11-8(10)12-7/h1-3H2. The Hall–Kier alpha value is -0.670. The molecule has 0 N–H and O–H groups in total. The monoisotopic (exact) mass is 216 g/mol. The fraction of sp³-hybridized carbons (Fsp3) is 0.375. The van der Waals surface area contributed by atoms with Crippen molar-refractivity contribution in [2.24, 2.45) is 0 Å². The van der Waals surface area contributed by atoms with E-state index in [2.05, 4.69) is 9.97 Å². The first kappa shape index (κ1) is 8.91. The van der Waals surface area contributed by atoms with Gasteiger partial charge in [0.25, 0.3) is 0 Å². The number of fused-ring (bicyclic) bond motifs is 1. The predicted molar refractivity (Wildman–Crippen MR) is 49.3 cm³/mol. The van der Waals surface area contributed by atoms with Crippen molar-refractivity contribution in [2.45, 2.75) is 19.3 Å². The molecule has 0 saturated carbocycles. The molecule has 2 rings (SSSR count). The number of aromatic nitrogens is 2. The molecule has 1 heterocycles. The second-order valence-corrected chi connectivity index (χ2v) is 3.58. The molecule has 0 aromatic carbocycles. The van der Waals surface area contributed by atoms with E-state index in [1.165, 1.54) is 0 Å². The first-order valence-electron chi connectivity index (χ1n) is 3.93. The molecule has 3 nitrogen and oxygen atoms in total. The molecule has 1 aliphatic rings. The summed E-state index contributed by atoms with van der Waals surface area (Å²) in [4.78, 5) is 19.0. The van der Waals surface area contributed by atoms with E-state index in [1.807, 2.05) is 0 Å². The SMILES string of the molecule is O=C1CCCc2c(Cl)nc(Cl)nc21. The topological polar surface area (TPSA) is 42.9 Å². The van der Waals surface area contributed by atoms with Crippen LogP contribution in [0, 0.1) is 0 Å². The van der Waals surface area contributed by atoms with Gasteiger partial charge in [-0.1, -0.05) is 11.6 Å². The van der Waals surface area contributed by atoms with Gasteiger partial charge in [0.05, 0.1) is 0 Å². The first-order chi connectivity index (χ1) is 6.18. The van der Waals surface area contributed by atoms with Gasteiger partial charge in [0, 0.05) is 12.0 Å². The van der Waals surface area contributed by atoms with E-state index < -0.39 is 0 Å². The minimum absolute atomic E-state index is 0.00690. The molecule has 13 heavy (non-hydrogen) atoms. The van der Waals surface area contributed by atoms with Crippen LogP contribution in [0.3, 0.4) is 0 Å². The van der Waals surface area contributed by atoms with Gasteiger partial charge in [-0.15, -0.1) is 0 Å². The third-order valence-corrected chi connectivity index (χ3v) is 2.51. The lowest BCUT2D eigenvalue weighted by Crippen LogP contribution is -2.14. The number of rotatable bonds is 0. The van der Waals surface area contributed by atoms with E-state index in [0.717, 1.165) is 18.4 Å². The smallest absolute Gasteiger partial charge is 0.224 e. The molecule has 5 heteroatoms. The highest BCUT2D eigenvalue weighted by Crippen LogP contribution is 2.26. The third kappa shape index (κ3) is 1.54. The molecule has 0 radical (unpaired) electrons. The molecule has 0 aliphatic heterocycles. The predicted octanol–water partition coefficient (Wildman–Crippen LogP) is 2.30. The van der Waals surface area contributed by atoms with Crippen molar-refractivity contribution < 1.29 is 4.79 Å². The maximum Gasteiger partial charge on any atom is 0.224 e. The Labute approximate surface area is 85.1 Å². The van der Waals surface area contributed by atoms with E-state index >= 15 is 0 Å². The molecular weight excluding hydrogens is 211 g/mol. The van der Waals surface area contributed by atoms with Crippen LogP contribution in [0.2, 0.25) is 10.4 Å². The summed E-state index contributed by atoms with van der Waals surface area (Å²) >= 11 is 11.4. The maximum absolute atomic E-state index is 11.4. The number of nitrogens with zero attached hydrogens (tertiary/aromatic N) is 2. The van der Waals surface area contributed by atoms with Gasteiger partial charge in [0.15, 0.2) is 5.78 Å². The Balaban J connectivity index is 2.63. The average molecular weight is 217 g/mol. The minimum atomic E-state index is 0.00690. The second kappa shape index (κ2) is 3.24. The summed E-state index contributed by atoms with van der Waals surface area (Å²) in [6.07, 6.45) is 2.10. The summed E-state index contributed by atoms with van der Waals surface area (Å²) in [7, 11) is 0. The van der Waals surface area contributed by atoms with Crippen LogP contribution in [0.4, 0.5) is 0 Å². The van der Waals surface area contributed by atoms with Crippen LogP contribution in [0.15, 0.2) is 0 Å². The molecule has 0 spiro atoms. The van der Waals surface area contributed by atoms with Crippen LogP contribution >= 0.6 is 23.2 Å². The first-order valence-corrected chi connectivity index (χ1v) is 4.69. The molecule has 0 amide bonds. The van der Waals surface area contributed by atoms with Crippen LogP contribution in [-0.4, -0.2) is 15.8 Å². The Kier molecular flexibility index (Phi) is 2.22. The highest BCUT2D eigenvalue weighted by molar-refractivity contribution is 6.32. The molecule has 1 aromatic rings. The summed E-state index contributed by atoms with van der Waals surface area (Å²) < 4.78 is 0. The van der Waals surface area contributed by atoms with Crippen LogP contribution < -0.4 is 0 Å². The third-order valence-electron chi connectivity index (χ3n) is 2.02. The lowest BCUT2D eigenvalue weighted by molar-refractivity contribution is 0.0967. The lowest BCUT2D eigenvalue weighted by Gasteiger charge is -2.13. The number of halogens is 2. The molecule has 0 unspecified atom stereocenters. The lowest BCUT2D eigenvalue weighted by atomic mass is 9.96. The summed E-state index contributed by atoms with van der Waals surface area (Å²) in [5, 5.41) is 0.349. The normalized spacial score (nSPS) is 15.7. The largest absolute Gasteiger partial charge is 0.292 e. The van der Waals surface area contributed by atoms with Crippen molar-refractivity contribution in [3.63, 3.8) is 0 Å². The Morgan fingerprint density at radius 1 is 1.15 bits per heavy atom. The van der Waals surface area contributed by atoms with Crippen molar-refractivity contribution in [3.8, 4) is 0 Å². The number of Topliss-reactive ketones (excluding diaryl/α,β-unsaturated/α-hetero) is 1. The van der Waals surface area contributed by atoms with E-state index in [0.29, 0.717) is 17.3 Å². The van der Waals surface area contributed by atoms with Crippen molar-refractivity contribution in [2.75, 3.05) is 0 Å². The van der Waals surface area contributed by atoms with Gasteiger partial charge >= 0.3 is 0 Å². The number of ketones is 1. The van der Waals surface area contributed by atoms with Crippen molar-refractivity contribution >= 4 is 29.0 Å². The summed E-state index contributed by atoms with van der Waals surface area (Å²) in [6, 6.07) is 0. The highest BCUT2D eigenvalue weighted by atomic mass is 35.5. The number of carbonyl (C=O) groups is 1. The van der Waals surface area contributed by atoms with Gasteiger partial charge in [0.1, 0.15) is 10.8 Å². The zero-order valence-corrected chi connectivity index (χ0v) is 8.19. The number of hydrogen-bond donors (Lipinski definition) is 0. The summed E-state index contributed by atoms with van der Waals surface area (Å²) in [5.41, 5.74) is 1.14. The summed E-state index contributed by atoms with van der Waals surface area (Å²) in [6.45, 7) is 0. The quantitative estimate of drug-likeness (QED) is 0.494.